The average Bonchev–Trinajstić information content (AvgIpc) is 2.08. The number of hydrogen-bond acceptors (Lipinski definition) is 0. The van der Waals surface area contributed by atoms with Gasteiger partial charge in [0, 0.05) is 5.93 Å². The maximum atomic E-state index is 2.37. The van der Waals surface area contributed by atoms with Crippen molar-refractivity contribution in [2.45, 2.75) is 19.6 Å². The van der Waals surface area contributed by atoms with Gasteiger partial charge in [-0.05, 0) is 12.0 Å². The summed E-state index contributed by atoms with van der Waals surface area (Å²) in [4.78, 5) is 0. The van der Waals surface area contributed by atoms with Crippen LogP contribution in [-0.4, -0.2) is 12.5 Å². The zero-order valence-electron chi connectivity index (χ0n) is 6.13. The number of hydrogen-bond donors (Lipinski definition) is 0. The second kappa shape index (κ2) is 2.28. The summed E-state index contributed by atoms with van der Waals surface area (Å²) in [6.45, 7) is 7.03. The lowest BCUT2D eigenvalue weighted by molar-refractivity contribution is 1.16. The Hall–Kier alpha value is -0.0731. The molecule has 0 bridgehead atoms. The molecule has 0 aliphatic rings. The Morgan fingerprint density at radius 3 is 2.22 bits per heavy atom. The van der Waals surface area contributed by atoms with Gasteiger partial charge in [-0.3, -0.25) is 0 Å². The molecule has 1 heterocycles. The zero-order chi connectivity index (χ0) is 6.91. The highest BCUT2D eigenvalue weighted by atomic mass is 31.0. The molecule has 3 heteroatoms. The molecule has 0 spiro atoms. The summed E-state index contributed by atoms with van der Waals surface area (Å²) >= 11 is 0. The zero-order valence-corrected chi connectivity index (χ0v) is 8.02. The van der Waals surface area contributed by atoms with Gasteiger partial charge in [-0.2, -0.15) is 0 Å². The van der Waals surface area contributed by atoms with Crippen molar-refractivity contribution in [2.24, 2.45) is 0 Å². The molecule has 50 valence electrons. The van der Waals surface area contributed by atoms with E-state index in [2.05, 4.69) is 41.8 Å². The van der Waals surface area contributed by atoms with Crippen LogP contribution < -0.4 is 0 Å². The summed E-state index contributed by atoms with van der Waals surface area (Å²) < 4.78 is 2.37. The van der Waals surface area contributed by atoms with Crippen LogP contribution in [0.4, 0.5) is 0 Å². The van der Waals surface area contributed by atoms with Crippen LogP contribution in [0.2, 0.25) is 19.6 Å². The molecule has 1 rings (SSSR count). The smallest absolute Gasteiger partial charge is 0.152 e. The third kappa shape index (κ3) is 1.67. The SMILES string of the molecule is C[Si](C)(C)n1ccpc1. The van der Waals surface area contributed by atoms with Crippen LogP contribution in [0.3, 0.4) is 0 Å². The Labute approximate surface area is 58.9 Å². The second-order valence-electron chi connectivity index (χ2n) is 3.14. The molecule has 1 aromatic heterocycles. The fourth-order valence-corrected chi connectivity index (χ4v) is 3.41. The van der Waals surface area contributed by atoms with E-state index in [4.69, 9.17) is 0 Å². The molecule has 0 fully saturated rings. The molecule has 0 atom stereocenters. The normalized spacial score (nSPS) is 12.8. The largest absolute Gasteiger partial charge is 0.377 e. The van der Waals surface area contributed by atoms with Crippen LogP contribution in [0, 0.1) is 0 Å². The topological polar surface area (TPSA) is 4.93 Å². The first-order valence-electron chi connectivity index (χ1n) is 3.09. The minimum absolute atomic E-state index is 1.04. The minimum Gasteiger partial charge on any atom is -0.377 e. The van der Waals surface area contributed by atoms with Crippen LogP contribution in [-0.2, 0) is 0 Å². The summed E-state index contributed by atoms with van der Waals surface area (Å²) in [6.07, 6.45) is 2.19. The van der Waals surface area contributed by atoms with E-state index in [1.54, 1.807) is 0 Å². The van der Waals surface area contributed by atoms with Crippen molar-refractivity contribution in [2.75, 3.05) is 0 Å². The monoisotopic (exact) mass is 157 g/mol. The molecule has 0 N–H and O–H groups in total. The minimum atomic E-state index is -1.04. The second-order valence-corrected chi connectivity index (χ2v) is 8.83. The molecule has 0 aliphatic carbocycles. The number of rotatable bonds is 1. The standard InChI is InChI=1S/C6H12NPSi/c1-9(2,3)7-4-5-8-6-7/h4-6H,1-3H3. The lowest BCUT2D eigenvalue weighted by Crippen LogP contribution is -2.30. The predicted octanol–water partition coefficient (Wildman–Crippen LogP) is 2.75. The number of nitrogens with zero attached hydrogens (tertiary/aromatic N) is 1. The summed E-state index contributed by atoms with van der Waals surface area (Å²) in [5, 5.41) is 0. The van der Waals surface area contributed by atoms with E-state index >= 15 is 0 Å². The van der Waals surface area contributed by atoms with Gasteiger partial charge in [-0.15, -0.1) is 0 Å². The first-order chi connectivity index (χ1) is 4.11. The molecular weight excluding hydrogens is 145 g/mol. The van der Waals surface area contributed by atoms with Crippen LogP contribution in [0.25, 0.3) is 0 Å². The lowest BCUT2D eigenvalue weighted by Gasteiger charge is -2.17. The van der Waals surface area contributed by atoms with Crippen molar-refractivity contribution >= 4 is 16.4 Å². The van der Waals surface area contributed by atoms with Gasteiger partial charge in [-0.25, -0.2) is 0 Å². The van der Waals surface area contributed by atoms with Crippen molar-refractivity contribution in [1.82, 2.24) is 4.23 Å². The van der Waals surface area contributed by atoms with Gasteiger partial charge in [0.1, 0.15) is 0 Å². The van der Waals surface area contributed by atoms with Crippen molar-refractivity contribution in [3.63, 3.8) is 0 Å². The average molecular weight is 157 g/mol. The highest BCUT2D eigenvalue weighted by Crippen LogP contribution is 2.11. The summed E-state index contributed by atoms with van der Waals surface area (Å²) in [5.41, 5.74) is 0. The van der Waals surface area contributed by atoms with Crippen LogP contribution in [0.1, 0.15) is 0 Å². The fraction of sp³-hybridized carbons (Fsp3) is 0.500. The third-order valence-corrected chi connectivity index (χ3v) is 4.01. The molecule has 0 aliphatic heterocycles. The van der Waals surface area contributed by atoms with Gasteiger partial charge >= 0.3 is 0 Å². The quantitative estimate of drug-likeness (QED) is 0.552. The van der Waals surface area contributed by atoms with Crippen molar-refractivity contribution in [1.29, 1.82) is 0 Å². The molecule has 0 amide bonds. The van der Waals surface area contributed by atoms with E-state index in [0.29, 0.717) is 0 Å². The Kier molecular flexibility index (Phi) is 1.78. The first-order valence-corrected chi connectivity index (χ1v) is 7.57. The van der Waals surface area contributed by atoms with Crippen molar-refractivity contribution in [3.05, 3.63) is 17.9 Å². The van der Waals surface area contributed by atoms with E-state index in [-0.39, 0.29) is 0 Å². The molecule has 9 heavy (non-hydrogen) atoms. The Morgan fingerprint density at radius 1 is 1.33 bits per heavy atom. The maximum Gasteiger partial charge on any atom is 0.152 e. The molecule has 0 unspecified atom stereocenters. The van der Waals surface area contributed by atoms with Crippen LogP contribution in [0.15, 0.2) is 17.9 Å². The number of aromatic nitrogens is 1. The van der Waals surface area contributed by atoms with Gasteiger partial charge in [0.25, 0.3) is 0 Å². The Morgan fingerprint density at radius 2 is 2.00 bits per heavy atom. The summed E-state index contributed by atoms with van der Waals surface area (Å²) in [6, 6.07) is 0. The first kappa shape index (κ1) is 7.04. The summed E-state index contributed by atoms with van der Waals surface area (Å²) in [5.74, 6) is 4.42. The molecule has 0 saturated carbocycles. The van der Waals surface area contributed by atoms with E-state index in [0.717, 1.165) is 0 Å². The van der Waals surface area contributed by atoms with E-state index in [1.165, 1.54) is 8.19 Å². The molecule has 0 saturated heterocycles. The van der Waals surface area contributed by atoms with Gasteiger partial charge in [0.05, 0.1) is 0 Å². The van der Waals surface area contributed by atoms with Gasteiger partial charge in [0.2, 0.25) is 0 Å². The molecular formula is C6H12NPSi. The Bertz CT molecular complexity index is 175. The van der Waals surface area contributed by atoms with Gasteiger partial charge in [-0.1, -0.05) is 27.8 Å². The summed E-state index contributed by atoms with van der Waals surface area (Å²) in [7, 11) is 0.301. The highest BCUT2D eigenvalue weighted by molar-refractivity contribution is 7.28. The molecule has 0 aromatic carbocycles. The van der Waals surface area contributed by atoms with Crippen molar-refractivity contribution in [3.8, 4) is 0 Å². The lowest BCUT2D eigenvalue weighted by atomic mass is 11.0. The fourth-order valence-electron chi connectivity index (χ4n) is 0.656. The van der Waals surface area contributed by atoms with Gasteiger partial charge < -0.3 is 4.23 Å². The highest BCUT2D eigenvalue weighted by Gasteiger charge is 2.13. The van der Waals surface area contributed by atoms with Crippen LogP contribution >= 0.6 is 8.19 Å². The van der Waals surface area contributed by atoms with E-state index in [1.807, 2.05) is 0 Å². The molecule has 1 aromatic rings. The van der Waals surface area contributed by atoms with Crippen molar-refractivity contribution < 1.29 is 0 Å². The predicted molar refractivity (Wildman–Crippen MR) is 45.7 cm³/mol. The van der Waals surface area contributed by atoms with Crippen LogP contribution in [0.5, 0.6) is 0 Å². The maximum absolute atomic E-state index is 2.37. The molecule has 0 radical (unpaired) electrons. The van der Waals surface area contributed by atoms with E-state index < -0.39 is 8.24 Å². The van der Waals surface area contributed by atoms with E-state index in [9.17, 15) is 0 Å². The molecule has 1 nitrogen and oxygen atoms in total. The third-order valence-electron chi connectivity index (χ3n) is 1.28. The Balaban J connectivity index is 2.90. The van der Waals surface area contributed by atoms with Gasteiger partial charge in [0.15, 0.2) is 8.24 Å².